The molecule has 0 atom stereocenters. The average molecular weight is 495 g/mol. The quantitative estimate of drug-likeness (QED) is 0.371. The third-order valence-electron chi connectivity index (χ3n) is 5.66. The van der Waals surface area contributed by atoms with Gasteiger partial charge in [0, 0.05) is 30.4 Å². The Bertz CT molecular complexity index is 1130. The van der Waals surface area contributed by atoms with Gasteiger partial charge >= 0.3 is 5.97 Å². The summed E-state index contributed by atoms with van der Waals surface area (Å²) in [6.07, 6.45) is 2.77. The van der Waals surface area contributed by atoms with Crippen molar-refractivity contribution in [3.8, 4) is 5.75 Å². The highest BCUT2D eigenvalue weighted by atomic mass is 32.2. The summed E-state index contributed by atoms with van der Waals surface area (Å²) in [5.74, 6) is -0.00424. The van der Waals surface area contributed by atoms with Crippen molar-refractivity contribution in [2.45, 2.75) is 41.0 Å². The van der Waals surface area contributed by atoms with E-state index in [2.05, 4.69) is 30.7 Å². The van der Waals surface area contributed by atoms with Crippen molar-refractivity contribution in [3.63, 3.8) is 0 Å². The van der Waals surface area contributed by atoms with E-state index in [1.165, 1.54) is 17.3 Å². The van der Waals surface area contributed by atoms with Gasteiger partial charge in [-0.25, -0.2) is 9.79 Å². The molecule has 1 aliphatic rings. The monoisotopic (exact) mass is 494 g/mol. The lowest BCUT2D eigenvalue weighted by Crippen LogP contribution is -2.21. The molecule has 1 heterocycles. The molecule has 0 bridgehead atoms. The summed E-state index contributed by atoms with van der Waals surface area (Å²) in [6, 6.07) is 13.9. The summed E-state index contributed by atoms with van der Waals surface area (Å²) in [6.45, 7) is 12.5. The Morgan fingerprint density at radius 2 is 1.74 bits per heavy atom. The summed E-state index contributed by atoms with van der Waals surface area (Å²) in [7, 11) is 0. The van der Waals surface area contributed by atoms with Crippen LogP contribution in [0.15, 0.2) is 63.7 Å². The van der Waals surface area contributed by atoms with Gasteiger partial charge in [-0.1, -0.05) is 30.8 Å². The Hall–Kier alpha value is -3.19. The second kappa shape index (κ2) is 12.5. The van der Waals surface area contributed by atoms with Crippen LogP contribution in [0.2, 0.25) is 0 Å². The second-order valence-corrected chi connectivity index (χ2v) is 8.85. The van der Waals surface area contributed by atoms with Gasteiger partial charge in [-0.15, -0.1) is 0 Å². The molecule has 0 unspecified atom stereocenters. The highest BCUT2D eigenvalue weighted by Gasteiger charge is 2.33. The van der Waals surface area contributed by atoms with Crippen molar-refractivity contribution in [2.75, 3.05) is 31.2 Å². The van der Waals surface area contributed by atoms with Crippen LogP contribution in [0.3, 0.4) is 0 Å². The summed E-state index contributed by atoms with van der Waals surface area (Å²) in [5.41, 5.74) is 3.88. The van der Waals surface area contributed by atoms with E-state index in [-0.39, 0.29) is 17.9 Å². The van der Waals surface area contributed by atoms with E-state index in [4.69, 9.17) is 9.47 Å². The number of aliphatic hydroxyl groups is 1. The molecule has 1 N–H and O–H groups in total. The lowest BCUT2D eigenvalue weighted by Gasteiger charge is -2.22. The Morgan fingerprint density at radius 3 is 2.34 bits per heavy atom. The van der Waals surface area contributed by atoms with Gasteiger partial charge in [-0.3, -0.25) is 0 Å². The van der Waals surface area contributed by atoms with Crippen LogP contribution in [-0.2, 0) is 16.0 Å². The minimum absolute atomic E-state index is 0.0837. The van der Waals surface area contributed by atoms with Gasteiger partial charge in [-0.05, 0) is 70.0 Å². The Labute approximate surface area is 212 Å². The van der Waals surface area contributed by atoms with Crippen LogP contribution in [0.5, 0.6) is 5.75 Å². The number of carbonyl (C=O) groups excluding carboxylic acids is 1. The van der Waals surface area contributed by atoms with Crippen LogP contribution in [0.4, 0.5) is 11.4 Å². The molecule has 0 amide bonds. The number of nitrogens with zero attached hydrogens (tertiary/aromatic N) is 2. The van der Waals surface area contributed by atoms with Gasteiger partial charge in [-0.2, -0.15) is 0 Å². The average Bonchev–Trinajstić information content (AvgIpc) is 3.16. The molecule has 0 aliphatic carbocycles. The highest BCUT2D eigenvalue weighted by Crippen LogP contribution is 2.41. The second-order valence-electron chi connectivity index (χ2n) is 7.82. The number of ether oxygens (including phenoxy) is 2. The van der Waals surface area contributed by atoms with Gasteiger partial charge < -0.3 is 19.5 Å². The maximum atomic E-state index is 12.7. The standard InChI is InChI=1S/C28H34N2O4S/c1-6-19-11-14-21(15-12-19)29-27-25(28(32)34-10-5)26(31)24(35-27)17-20-13-16-22(30(7-2)8-3)18-23(20)33-9-4/h11-18,31H,6-10H2,1-5H3. The Morgan fingerprint density at radius 1 is 1.03 bits per heavy atom. The van der Waals surface area contributed by atoms with Gasteiger partial charge in [0.05, 0.1) is 23.8 Å². The zero-order valence-electron chi connectivity index (χ0n) is 21.1. The van der Waals surface area contributed by atoms with Crippen LogP contribution in [-0.4, -0.2) is 42.4 Å². The van der Waals surface area contributed by atoms with Gasteiger partial charge in [0.2, 0.25) is 0 Å². The van der Waals surface area contributed by atoms with E-state index >= 15 is 0 Å². The minimum atomic E-state index is -0.591. The number of aliphatic imine (C=N–C) groups is 1. The molecular weight excluding hydrogens is 460 g/mol. The minimum Gasteiger partial charge on any atom is -0.506 e. The molecule has 35 heavy (non-hydrogen) atoms. The number of rotatable bonds is 10. The maximum Gasteiger partial charge on any atom is 0.344 e. The van der Waals surface area contributed by atoms with Gasteiger partial charge in [0.1, 0.15) is 22.1 Å². The molecule has 7 heteroatoms. The predicted octanol–water partition coefficient (Wildman–Crippen LogP) is 6.69. The van der Waals surface area contributed by atoms with E-state index in [1.807, 2.05) is 55.5 Å². The summed E-state index contributed by atoms with van der Waals surface area (Å²) >= 11 is 1.25. The molecule has 186 valence electrons. The van der Waals surface area contributed by atoms with Crippen LogP contribution in [0.25, 0.3) is 6.08 Å². The number of esters is 1. The Balaban J connectivity index is 2.04. The number of thioether (sulfide) groups is 1. The molecule has 6 nitrogen and oxygen atoms in total. The SMILES string of the molecule is CCOC(=O)C1=C(O)C(=Cc2ccc(N(CC)CC)cc2OCC)SC1=Nc1ccc(CC)cc1. The topological polar surface area (TPSA) is 71.4 Å². The molecule has 0 spiro atoms. The molecular formula is C28H34N2O4S. The number of carbonyl (C=O) groups is 1. The number of aryl methyl sites for hydroxylation is 1. The van der Waals surface area contributed by atoms with Gasteiger partial charge in [0.25, 0.3) is 0 Å². The molecule has 0 radical (unpaired) electrons. The van der Waals surface area contributed by atoms with E-state index < -0.39 is 5.97 Å². The first-order valence-corrected chi connectivity index (χ1v) is 13.0. The first-order valence-electron chi connectivity index (χ1n) is 12.2. The van der Waals surface area contributed by atoms with Crippen molar-refractivity contribution in [3.05, 3.63) is 69.8 Å². The number of hydrogen-bond donors (Lipinski definition) is 1. The van der Waals surface area contributed by atoms with E-state index in [1.54, 1.807) is 6.92 Å². The lowest BCUT2D eigenvalue weighted by molar-refractivity contribution is -0.138. The van der Waals surface area contributed by atoms with E-state index in [0.29, 0.717) is 22.2 Å². The first-order chi connectivity index (χ1) is 16.9. The highest BCUT2D eigenvalue weighted by molar-refractivity contribution is 8.18. The third kappa shape index (κ3) is 6.28. The first kappa shape index (κ1) is 26.4. The fourth-order valence-electron chi connectivity index (χ4n) is 3.76. The van der Waals surface area contributed by atoms with Crippen molar-refractivity contribution in [2.24, 2.45) is 4.99 Å². The predicted molar refractivity (Wildman–Crippen MR) is 146 cm³/mol. The smallest absolute Gasteiger partial charge is 0.344 e. The number of benzene rings is 2. The lowest BCUT2D eigenvalue weighted by atomic mass is 10.1. The number of anilines is 1. The van der Waals surface area contributed by atoms with E-state index in [9.17, 15) is 9.90 Å². The van der Waals surface area contributed by atoms with E-state index in [0.717, 1.165) is 36.5 Å². The fraction of sp³-hybridized carbons (Fsp3) is 0.357. The zero-order chi connectivity index (χ0) is 25.4. The van der Waals surface area contributed by atoms with Crippen molar-refractivity contribution < 1.29 is 19.4 Å². The molecule has 0 saturated heterocycles. The third-order valence-corrected chi connectivity index (χ3v) is 6.68. The molecule has 0 aromatic heterocycles. The summed E-state index contributed by atoms with van der Waals surface area (Å²) < 4.78 is 11.1. The fourth-order valence-corrected chi connectivity index (χ4v) is 4.79. The molecule has 2 aromatic carbocycles. The van der Waals surface area contributed by atoms with Crippen LogP contribution >= 0.6 is 11.8 Å². The molecule has 0 saturated carbocycles. The number of hydrogen-bond acceptors (Lipinski definition) is 7. The van der Waals surface area contributed by atoms with Crippen molar-refractivity contribution in [1.82, 2.24) is 0 Å². The van der Waals surface area contributed by atoms with Crippen LogP contribution in [0.1, 0.15) is 45.7 Å². The molecule has 0 fully saturated rings. The molecule has 3 rings (SSSR count). The number of aliphatic hydroxyl groups excluding tert-OH is 1. The van der Waals surface area contributed by atoms with Crippen LogP contribution in [0, 0.1) is 0 Å². The maximum absolute atomic E-state index is 12.7. The summed E-state index contributed by atoms with van der Waals surface area (Å²) in [4.78, 5) is 20.1. The van der Waals surface area contributed by atoms with Crippen molar-refractivity contribution in [1.29, 1.82) is 0 Å². The van der Waals surface area contributed by atoms with Crippen LogP contribution < -0.4 is 9.64 Å². The van der Waals surface area contributed by atoms with Crippen molar-refractivity contribution >= 4 is 40.2 Å². The normalized spacial score (nSPS) is 15.7. The largest absolute Gasteiger partial charge is 0.506 e. The molecule has 2 aromatic rings. The van der Waals surface area contributed by atoms with Gasteiger partial charge in [0.15, 0.2) is 0 Å². The molecule has 1 aliphatic heterocycles. The Kier molecular flexibility index (Phi) is 9.43. The summed E-state index contributed by atoms with van der Waals surface area (Å²) in [5, 5.41) is 11.4. The zero-order valence-corrected chi connectivity index (χ0v) is 21.9.